The molecule has 1 aromatic heterocycles. The molecule has 4 unspecified atom stereocenters. The normalized spacial score (nSPS) is 34.2. The highest BCUT2D eigenvalue weighted by Gasteiger charge is 2.48. The number of nitrogens with zero attached hydrogens (tertiary/aromatic N) is 2. The van der Waals surface area contributed by atoms with Gasteiger partial charge in [-0.25, -0.2) is 0 Å². The zero-order valence-electron chi connectivity index (χ0n) is 10.6. The zero-order valence-corrected chi connectivity index (χ0v) is 12.2. The lowest BCUT2D eigenvalue weighted by Gasteiger charge is -2.27. The van der Waals surface area contributed by atoms with E-state index in [4.69, 9.17) is 9.63 Å². The molecule has 1 saturated heterocycles. The van der Waals surface area contributed by atoms with Crippen LogP contribution in [0.2, 0.25) is 0 Å². The largest absolute Gasteiger partial charge is 0.481 e. The van der Waals surface area contributed by atoms with Gasteiger partial charge in [-0.1, -0.05) is 12.1 Å². The van der Waals surface area contributed by atoms with Crippen molar-refractivity contribution in [1.29, 1.82) is 0 Å². The van der Waals surface area contributed by atoms with Gasteiger partial charge in [-0.05, 0) is 12.8 Å². The molecule has 0 amide bonds. The number of hydrogen-bond donors (Lipinski definition) is 1. The number of aliphatic carboxylic acids is 1. The molecule has 0 radical (unpaired) electrons. The van der Waals surface area contributed by atoms with Crippen LogP contribution in [0.4, 0.5) is 0 Å². The molecule has 1 aromatic rings. The lowest BCUT2D eigenvalue weighted by Crippen LogP contribution is -2.19. The summed E-state index contributed by atoms with van der Waals surface area (Å²) in [6, 6.07) is 0. The second-order valence-electron chi connectivity index (χ2n) is 4.89. The van der Waals surface area contributed by atoms with E-state index in [1.807, 2.05) is 23.5 Å². The van der Waals surface area contributed by atoms with Gasteiger partial charge in [-0.2, -0.15) is 16.7 Å². The van der Waals surface area contributed by atoms with Gasteiger partial charge in [0.05, 0.1) is 17.1 Å². The monoisotopic (exact) mass is 300 g/mol. The molecule has 7 heteroatoms. The minimum absolute atomic E-state index is 0.0694. The quantitative estimate of drug-likeness (QED) is 0.915. The summed E-state index contributed by atoms with van der Waals surface area (Å²) in [5, 5.41) is 13.8. The van der Waals surface area contributed by atoms with Crippen molar-refractivity contribution < 1.29 is 14.4 Å². The second kappa shape index (κ2) is 5.36. The van der Waals surface area contributed by atoms with E-state index in [0.717, 1.165) is 18.0 Å². The number of carbonyl (C=O) groups is 1. The van der Waals surface area contributed by atoms with Crippen LogP contribution >= 0.6 is 23.5 Å². The van der Waals surface area contributed by atoms with Crippen molar-refractivity contribution in [2.24, 2.45) is 5.92 Å². The summed E-state index contributed by atoms with van der Waals surface area (Å²) in [7, 11) is 0. The molecule has 1 aliphatic carbocycles. The summed E-state index contributed by atoms with van der Waals surface area (Å²) in [5.74, 6) is 2.37. The Morgan fingerprint density at radius 1 is 1.47 bits per heavy atom. The first-order valence-electron chi connectivity index (χ1n) is 6.50. The molecule has 0 aromatic carbocycles. The molecule has 0 spiro atoms. The molecule has 1 N–H and O–H groups in total. The lowest BCUT2D eigenvalue weighted by molar-refractivity contribution is -0.138. The van der Waals surface area contributed by atoms with Gasteiger partial charge in [0, 0.05) is 16.8 Å². The third kappa shape index (κ3) is 2.63. The molecule has 104 valence electrons. The number of thioether (sulfide) groups is 2. The van der Waals surface area contributed by atoms with Crippen LogP contribution in [-0.4, -0.2) is 38.0 Å². The fraction of sp³-hybridized carbons (Fsp3) is 0.750. The van der Waals surface area contributed by atoms with Crippen molar-refractivity contribution in [2.45, 2.75) is 36.2 Å². The van der Waals surface area contributed by atoms with Crippen molar-refractivity contribution in [3.05, 3.63) is 11.7 Å². The first-order chi connectivity index (χ1) is 9.20. The van der Waals surface area contributed by atoms with Crippen LogP contribution in [0.15, 0.2) is 4.52 Å². The maximum atomic E-state index is 10.9. The number of hydrogen-bond acceptors (Lipinski definition) is 6. The Bertz CT molecular complexity index is 479. The van der Waals surface area contributed by atoms with E-state index < -0.39 is 5.97 Å². The van der Waals surface area contributed by atoms with Crippen LogP contribution in [0.5, 0.6) is 0 Å². The van der Waals surface area contributed by atoms with Gasteiger partial charge >= 0.3 is 5.97 Å². The molecule has 4 atom stereocenters. The molecule has 2 fully saturated rings. The third-order valence-electron chi connectivity index (χ3n) is 3.59. The Morgan fingerprint density at radius 2 is 2.26 bits per heavy atom. The number of carboxylic acid groups (broad SMARTS) is 1. The maximum absolute atomic E-state index is 10.9. The van der Waals surface area contributed by atoms with Gasteiger partial charge < -0.3 is 9.63 Å². The van der Waals surface area contributed by atoms with Crippen LogP contribution in [-0.2, 0) is 4.79 Å². The summed E-state index contributed by atoms with van der Waals surface area (Å²) in [5.41, 5.74) is 0. The summed E-state index contributed by atoms with van der Waals surface area (Å²) in [6.45, 7) is 2.18. The fourth-order valence-corrected chi connectivity index (χ4v) is 5.38. The Morgan fingerprint density at radius 3 is 2.95 bits per heavy atom. The summed E-state index contributed by atoms with van der Waals surface area (Å²) in [6.07, 6.45) is 1.72. The van der Waals surface area contributed by atoms with Gasteiger partial charge in [0.15, 0.2) is 5.82 Å². The molecule has 2 aliphatic rings. The first-order valence-corrected chi connectivity index (χ1v) is 8.60. The highest BCUT2D eigenvalue weighted by Crippen LogP contribution is 2.48. The van der Waals surface area contributed by atoms with Crippen molar-refractivity contribution in [3.63, 3.8) is 0 Å². The Kier molecular flexibility index (Phi) is 3.75. The zero-order chi connectivity index (χ0) is 13.4. The number of rotatable bonds is 4. The minimum Gasteiger partial charge on any atom is -0.481 e. The lowest BCUT2D eigenvalue weighted by atomic mass is 10.2. The Hall–Kier alpha value is -0.690. The topological polar surface area (TPSA) is 76.2 Å². The van der Waals surface area contributed by atoms with Crippen LogP contribution < -0.4 is 0 Å². The number of carboxylic acids is 1. The average Bonchev–Trinajstić information content (AvgIpc) is 3.09. The van der Waals surface area contributed by atoms with E-state index >= 15 is 0 Å². The smallest absolute Gasteiger partial charge is 0.307 e. The second-order valence-corrected chi connectivity index (χ2v) is 7.48. The SMILES string of the molecule is CCC1SCCSC1c1noc(C2CC2C(=O)O)n1. The predicted molar refractivity (Wildman–Crippen MR) is 74.5 cm³/mol. The van der Waals surface area contributed by atoms with Crippen LogP contribution in [0, 0.1) is 5.92 Å². The Labute approximate surface area is 119 Å². The maximum Gasteiger partial charge on any atom is 0.307 e. The molecule has 1 saturated carbocycles. The predicted octanol–water partition coefficient (Wildman–Crippen LogP) is 2.56. The van der Waals surface area contributed by atoms with Gasteiger partial charge in [-0.15, -0.1) is 11.8 Å². The van der Waals surface area contributed by atoms with E-state index in [9.17, 15) is 4.79 Å². The van der Waals surface area contributed by atoms with Crippen LogP contribution in [0.1, 0.15) is 42.6 Å². The molecule has 5 nitrogen and oxygen atoms in total. The molecular weight excluding hydrogens is 284 g/mol. The van der Waals surface area contributed by atoms with Crippen LogP contribution in [0.25, 0.3) is 0 Å². The molecule has 19 heavy (non-hydrogen) atoms. The van der Waals surface area contributed by atoms with Gasteiger partial charge in [-0.3, -0.25) is 4.79 Å². The molecule has 2 heterocycles. The van der Waals surface area contributed by atoms with E-state index in [1.165, 1.54) is 5.75 Å². The van der Waals surface area contributed by atoms with Crippen molar-refractivity contribution >= 4 is 29.5 Å². The van der Waals surface area contributed by atoms with Gasteiger partial charge in [0.25, 0.3) is 0 Å². The van der Waals surface area contributed by atoms with Crippen molar-refractivity contribution in [2.75, 3.05) is 11.5 Å². The van der Waals surface area contributed by atoms with Crippen LogP contribution in [0.3, 0.4) is 0 Å². The van der Waals surface area contributed by atoms with E-state index in [0.29, 0.717) is 17.6 Å². The van der Waals surface area contributed by atoms with E-state index in [2.05, 4.69) is 17.1 Å². The fourth-order valence-electron chi connectivity index (χ4n) is 2.40. The van der Waals surface area contributed by atoms with Crippen molar-refractivity contribution in [1.82, 2.24) is 10.1 Å². The Balaban J connectivity index is 1.72. The minimum atomic E-state index is -0.765. The summed E-state index contributed by atoms with van der Waals surface area (Å²) >= 11 is 3.85. The average molecular weight is 300 g/mol. The standard InChI is InChI=1S/C12H16N2O3S2/c1-2-8-9(19-4-3-18-8)10-13-11(17-14-10)6-5-7(6)12(15)16/h6-9H,2-5H2,1H3,(H,15,16). The summed E-state index contributed by atoms with van der Waals surface area (Å²) < 4.78 is 5.27. The highest BCUT2D eigenvalue weighted by atomic mass is 32.2. The summed E-state index contributed by atoms with van der Waals surface area (Å²) in [4.78, 5) is 15.3. The molecule has 0 bridgehead atoms. The van der Waals surface area contributed by atoms with Gasteiger partial charge in [0.2, 0.25) is 5.89 Å². The third-order valence-corrected chi connectivity index (χ3v) is 6.83. The van der Waals surface area contributed by atoms with Gasteiger partial charge in [0.1, 0.15) is 0 Å². The van der Waals surface area contributed by atoms with E-state index in [1.54, 1.807) is 0 Å². The number of aromatic nitrogens is 2. The molecule has 3 rings (SSSR count). The first kappa shape index (κ1) is 13.3. The molecular formula is C12H16N2O3S2. The molecule has 1 aliphatic heterocycles. The van der Waals surface area contributed by atoms with E-state index in [-0.39, 0.29) is 17.1 Å². The highest BCUT2D eigenvalue weighted by molar-refractivity contribution is 8.06. The van der Waals surface area contributed by atoms with Crippen molar-refractivity contribution in [3.8, 4) is 0 Å².